The summed E-state index contributed by atoms with van der Waals surface area (Å²) in [5.41, 5.74) is 1.92. The van der Waals surface area contributed by atoms with Crippen LogP contribution in [0.15, 0.2) is 30.5 Å². The lowest BCUT2D eigenvalue weighted by Crippen LogP contribution is -2.55. The molecule has 6 heteroatoms. The van der Waals surface area contributed by atoms with Gasteiger partial charge in [0.1, 0.15) is 5.75 Å². The number of aliphatic hydroxyl groups excluding tert-OH is 1. The molecule has 5 rings (SSSR count). The molecule has 3 fully saturated rings. The zero-order valence-corrected chi connectivity index (χ0v) is 19.9. The first-order chi connectivity index (χ1) is 13.6. The van der Waals surface area contributed by atoms with Gasteiger partial charge in [-0.15, -0.1) is 24.8 Å². The Kier molecular flexibility index (Phi) is 9.23. The predicted octanol–water partition coefficient (Wildman–Crippen LogP) is 5.66. The molecule has 2 aromatic rings. The van der Waals surface area contributed by atoms with Crippen molar-refractivity contribution in [2.45, 2.75) is 58.6 Å². The predicted molar refractivity (Wildman–Crippen MR) is 128 cm³/mol. The Morgan fingerprint density at radius 2 is 2.03 bits per heavy atom. The molecule has 3 aliphatic rings. The van der Waals surface area contributed by atoms with E-state index < -0.39 is 6.10 Å². The number of ether oxygens (including phenoxy) is 1. The van der Waals surface area contributed by atoms with Crippen molar-refractivity contribution in [1.82, 2.24) is 9.88 Å². The molecule has 1 aromatic carbocycles. The summed E-state index contributed by atoms with van der Waals surface area (Å²) in [5.74, 6) is 3.05. The monoisotopic (exact) mass is 454 g/mol. The van der Waals surface area contributed by atoms with Gasteiger partial charge in [-0.3, -0.25) is 9.88 Å². The van der Waals surface area contributed by atoms with E-state index in [1.165, 1.54) is 12.8 Å². The smallest absolute Gasteiger partial charge is 0.120 e. The molecule has 3 saturated heterocycles. The molecule has 1 N–H and O–H groups in total. The molecule has 0 aliphatic carbocycles. The van der Waals surface area contributed by atoms with Gasteiger partial charge in [0.05, 0.1) is 18.2 Å². The summed E-state index contributed by atoms with van der Waals surface area (Å²) in [7, 11) is 0. The molecule has 2 bridgehead atoms. The third-order valence-corrected chi connectivity index (χ3v) is 6.85. The van der Waals surface area contributed by atoms with Gasteiger partial charge in [0, 0.05) is 24.2 Å². The van der Waals surface area contributed by atoms with E-state index in [-0.39, 0.29) is 30.9 Å². The summed E-state index contributed by atoms with van der Waals surface area (Å²) in [4.78, 5) is 7.03. The van der Waals surface area contributed by atoms with Crippen molar-refractivity contribution < 1.29 is 9.84 Å². The zero-order chi connectivity index (χ0) is 19.7. The number of hydrogen-bond acceptors (Lipinski definition) is 4. The molecule has 5 atom stereocenters. The number of rotatable bonds is 7. The van der Waals surface area contributed by atoms with Crippen LogP contribution in [0.4, 0.5) is 0 Å². The molecule has 1 aromatic heterocycles. The first-order valence-electron chi connectivity index (χ1n) is 11.0. The molecular formula is C24H36Cl2N2O2. The number of nitrogens with zero attached hydrogens (tertiary/aromatic N) is 2. The average molecular weight is 455 g/mol. The summed E-state index contributed by atoms with van der Waals surface area (Å²) in [6, 6.07) is 8.27. The van der Waals surface area contributed by atoms with Crippen LogP contribution in [0, 0.1) is 17.8 Å². The molecule has 4 heterocycles. The maximum atomic E-state index is 11.4. The summed E-state index contributed by atoms with van der Waals surface area (Å²) < 4.78 is 5.96. The van der Waals surface area contributed by atoms with Gasteiger partial charge in [0.2, 0.25) is 0 Å². The Balaban J connectivity index is 0.00000160. The largest absolute Gasteiger partial charge is 0.494 e. The fourth-order valence-corrected chi connectivity index (χ4v) is 5.08. The highest BCUT2D eigenvalue weighted by molar-refractivity contribution is 5.85. The third kappa shape index (κ3) is 5.21. The maximum absolute atomic E-state index is 11.4. The Bertz CT molecular complexity index is 817. The Morgan fingerprint density at radius 1 is 1.23 bits per heavy atom. The maximum Gasteiger partial charge on any atom is 0.120 e. The average Bonchev–Trinajstić information content (AvgIpc) is 2.72. The normalized spacial score (nSPS) is 26.2. The zero-order valence-electron chi connectivity index (χ0n) is 18.3. The SMILES string of the molecule is CC[C@H]1CN2CC[C@@H]1C[C@H]2[C@H](O)c1ccnc2ccc(OCCC(C)C)cc12.Cl.Cl. The minimum atomic E-state index is -0.475. The van der Waals surface area contributed by atoms with Crippen LogP contribution in [0.1, 0.15) is 58.1 Å². The lowest BCUT2D eigenvalue weighted by atomic mass is 9.72. The van der Waals surface area contributed by atoms with Crippen LogP contribution in [0.2, 0.25) is 0 Å². The van der Waals surface area contributed by atoms with Gasteiger partial charge in [-0.25, -0.2) is 0 Å². The van der Waals surface area contributed by atoms with Crippen molar-refractivity contribution in [3.8, 4) is 5.75 Å². The highest BCUT2D eigenvalue weighted by Gasteiger charge is 2.42. The Labute approximate surface area is 193 Å². The van der Waals surface area contributed by atoms with E-state index in [9.17, 15) is 5.11 Å². The fourth-order valence-electron chi connectivity index (χ4n) is 5.08. The van der Waals surface area contributed by atoms with Gasteiger partial charge >= 0.3 is 0 Å². The number of fused-ring (bicyclic) bond motifs is 4. The fraction of sp³-hybridized carbons (Fsp3) is 0.625. The molecule has 1 unspecified atom stereocenters. The molecule has 0 spiro atoms. The van der Waals surface area contributed by atoms with Crippen molar-refractivity contribution in [3.05, 3.63) is 36.0 Å². The third-order valence-electron chi connectivity index (χ3n) is 6.85. The molecule has 4 nitrogen and oxygen atoms in total. The number of hydrogen-bond donors (Lipinski definition) is 1. The topological polar surface area (TPSA) is 45.6 Å². The lowest BCUT2D eigenvalue weighted by Gasteiger charge is -2.51. The molecule has 168 valence electrons. The van der Waals surface area contributed by atoms with Gasteiger partial charge in [0.25, 0.3) is 0 Å². The van der Waals surface area contributed by atoms with Crippen molar-refractivity contribution in [2.75, 3.05) is 19.7 Å². The van der Waals surface area contributed by atoms with E-state index in [0.29, 0.717) is 5.92 Å². The van der Waals surface area contributed by atoms with E-state index >= 15 is 0 Å². The standard InChI is InChI=1S/C24H34N2O2.2ClH/c1-4-17-15-26-11-8-18(17)13-23(26)24(27)20-7-10-25-22-6-5-19(14-21(20)22)28-12-9-16(2)3;;/h5-7,10,14,16-18,23-24,27H,4,8-9,11-13,15H2,1-3H3;2*1H/t17-,18+,23-,24+;;/m0../s1. The minimum absolute atomic E-state index is 0. The van der Waals surface area contributed by atoms with Crippen molar-refractivity contribution in [2.24, 2.45) is 17.8 Å². The summed E-state index contributed by atoms with van der Waals surface area (Å²) in [6.45, 7) is 9.69. The van der Waals surface area contributed by atoms with Crippen molar-refractivity contribution >= 4 is 35.7 Å². The van der Waals surface area contributed by atoms with Crippen molar-refractivity contribution in [1.29, 1.82) is 0 Å². The summed E-state index contributed by atoms with van der Waals surface area (Å²) in [5, 5.41) is 12.4. The van der Waals surface area contributed by atoms with Crippen LogP contribution in [0.5, 0.6) is 5.75 Å². The number of halogens is 2. The number of aromatic nitrogens is 1. The van der Waals surface area contributed by atoms with Crippen LogP contribution in [-0.4, -0.2) is 40.7 Å². The van der Waals surface area contributed by atoms with Gasteiger partial charge in [-0.05, 0) is 73.4 Å². The molecule has 30 heavy (non-hydrogen) atoms. The quantitative estimate of drug-likeness (QED) is 0.586. The van der Waals surface area contributed by atoms with Crippen LogP contribution in [0.25, 0.3) is 10.9 Å². The number of pyridine rings is 1. The second kappa shape index (κ2) is 11.0. The Morgan fingerprint density at radius 3 is 2.70 bits per heavy atom. The highest BCUT2D eigenvalue weighted by Crippen LogP contribution is 2.42. The lowest BCUT2D eigenvalue weighted by molar-refractivity contribution is -0.0562. The van der Waals surface area contributed by atoms with E-state index in [0.717, 1.165) is 66.6 Å². The highest BCUT2D eigenvalue weighted by atomic mass is 35.5. The van der Waals surface area contributed by atoms with Gasteiger partial charge < -0.3 is 9.84 Å². The van der Waals surface area contributed by atoms with E-state index in [1.807, 2.05) is 24.4 Å². The van der Waals surface area contributed by atoms with Crippen LogP contribution in [-0.2, 0) is 0 Å². The molecule has 3 aliphatic heterocycles. The van der Waals surface area contributed by atoms with Crippen LogP contribution >= 0.6 is 24.8 Å². The molecule has 0 amide bonds. The first kappa shape index (κ1) is 25.2. The van der Waals surface area contributed by atoms with Crippen LogP contribution in [0.3, 0.4) is 0 Å². The molecule has 0 radical (unpaired) electrons. The van der Waals surface area contributed by atoms with E-state index in [4.69, 9.17) is 4.74 Å². The number of piperidine rings is 3. The van der Waals surface area contributed by atoms with Gasteiger partial charge in [0.15, 0.2) is 0 Å². The van der Waals surface area contributed by atoms with E-state index in [2.05, 4.69) is 36.7 Å². The van der Waals surface area contributed by atoms with Gasteiger partial charge in [-0.1, -0.05) is 27.2 Å². The number of benzene rings is 1. The molecular weight excluding hydrogens is 419 g/mol. The summed E-state index contributed by atoms with van der Waals surface area (Å²) >= 11 is 0. The molecule has 0 saturated carbocycles. The first-order valence-corrected chi connectivity index (χ1v) is 11.0. The number of aliphatic hydroxyl groups is 1. The Hall–Kier alpha value is -1.07. The van der Waals surface area contributed by atoms with E-state index in [1.54, 1.807) is 0 Å². The van der Waals surface area contributed by atoms with Crippen LogP contribution < -0.4 is 4.74 Å². The van der Waals surface area contributed by atoms with Crippen molar-refractivity contribution in [3.63, 3.8) is 0 Å². The second-order valence-corrected chi connectivity index (χ2v) is 9.07. The summed E-state index contributed by atoms with van der Waals surface area (Å²) in [6.07, 6.45) is 6.03. The minimum Gasteiger partial charge on any atom is -0.494 e. The van der Waals surface area contributed by atoms with Gasteiger partial charge in [-0.2, -0.15) is 0 Å². The second-order valence-electron chi connectivity index (χ2n) is 9.07.